The summed E-state index contributed by atoms with van der Waals surface area (Å²) in [7, 11) is 0. The van der Waals surface area contributed by atoms with E-state index in [0.29, 0.717) is 11.3 Å². The molecule has 6 heteroatoms. The summed E-state index contributed by atoms with van der Waals surface area (Å²) in [5.41, 5.74) is 0.489. The third-order valence-electron chi connectivity index (χ3n) is 1.73. The molecule has 0 aliphatic heterocycles. The number of carbonyl (C=O) groups is 2. The number of carboxylic acids is 2. The number of carboxylic acid groups (broad SMARTS) is 2. The third kappa shape index (κ3) is 4.69. The average molecular weight is 301 g/mol. The smallest absolute Gasteiger partial charge is 0.341 e. The van der Waals surface area contributed by atoms with Gasteiger partial charge >= 0.3 is 11.9 Å². The van der Waals surface area contributed by atoms with Crippen LogP contribution in [-0.2, 0) is 9.59 Å². The van der Waals surface area contributed by atoms with E-state index < -0.39 is 18.5 Å². The van der Waals surface area contributed by atoms with Gasteiger partial charge in [0.25, 0.3) is 0 Å². The number of hydrogen-bond acceptors (Lipinski definition) is 3. The second kappa shape index (κ2) is 6.05. The Morgan fingerprint density at radius 1 is 1.35 bits per heavy atom. The van der Waals surface area contributed by atoms with Gasteiger partial charge in [-0.25, -0.2) is 9.59 Å². The molecule has 0 saturated carbocycles. The Balaban J connectivity index is 2.95. The molecule has 0 saturated heterocycles. The van der Waals surface area contributed by atoms with Gasteiger partial charge in [0, 0.05) is 16.1 Å². The maximum absolute atomic E-state index is 10.4. The Morgan fingerprint density at radius 3 is 2.65 bits per heavy atom. The molecule has 0 radical (unpaired) electrons. The van der Waals surface area contributed by atoms with E-state index in [4.69, 9.17) is 14.9 Å². The summed E-state index contributed by atoms with van der Waals surface area (Å²) in [5, 5.41) is 17.0. The Labute approximate surface area is 105 Å². The molecule has 1 aromatic rings. The first-order valence-corrected chi connectivity index (χ1v) is 5.33. The lowest BCUT2D eigenvalue weighted by molar-refractivity contribution is -0.139. The van der Waals surface area contributed by atoms with Gasteiger partial charge in [-0.15, -0.1) is 0 Å². The number of benzene rings is 1. The maximum Gasteiger partial charge on any atom is 0.341 e. The minimum absolute atomic E-state index is 0.313. The molecule has 2 N–H and O–H groups in total. The summed E-state index contributed by atoms with van der Waals surface area (Å²) >= 11 is 3.23. The SMILES string of the molecule is O=C(O)/C=C/c1cc(Br)ccc1OCC(=O)O. The molecule has 0 unspecified atom stereocenters. The van der Waals surface area contributed by atoms with Crippen molar-refractivity contribution in [3.05, 3.63) is 34.3 Å². The van der Waals surface area contributed by atoms with Crippen molar-refractivity contribution in [2.45, 2.75) is 0 Å². The Kier molecular flexibility index (Phi) is 4.71. The topological polar surface area (TPSA) is 83.8 Å². The van der Waals surface area contributed by atoms with Crippen molar-refractivity contribution in [2.75, 3.05) is 6.61 Å². The van der Waals surface area contributed by atoms with Crippen molar-refractivity contribution >= 4 is 33.9 Å². The van der Waals surface area contributed by atoms with Crippen LogP contribution in [0.4, 0.5) is 0 Å². The summed E-state index contributed by atoms with van der Waals surface area (Å²) in [4.78, 5) is 20.8. The lowest BCUT2D eigenvalue weighted by atomic mass is 10.2. The fraction of sp³-hybridized carbons (Fsp3) is 0.0909. The number of aliphatic carboxylic acids is 2. The minimum atomic E-state index is -1.10. The molecule has 1 rings (SSSR count). The van der Waals surface area contributed by atoms with Crippen LogP contribution in [0.5, 0.6) is 5.75 Å². The van der Waals surface area contributed by atoms with Crippen LogP contribution in [0.3, 0.4) is 0 Å². The summed E-state index contributed by atoms with van der Waals surface area (Å²) in [6.07, 6.45) is 2.29. The normalized spacial score (nSPS) is 10.4. The Morgan fingerprint density at radius 2 is 2.06 bits per heavy atom. The van der Waals surface area contributed by atoms with E-state index >= 15 is 0 Å². The minimum Gasteiger partial charge on any atom is -0.481 e. The van der Waals surface area contributed by atoms with Crippen LogP contribution in [0.25, 0.3) is 6.08 Å². The molecule has 0 heterocycles. The van der Waals surface area contributed by atoms with Crippen molar-refractivity contribution in [1.82, 2.24) is 0 Å². The van der Waals surface area contributed by atoms with Gasteiger partial charge < -0.3 is 14.9 Å². The molecule has 0 aliphatic rings. The predicted molar refractivity (Wildman–Crippen MR) is 63.9 cm³/mol. The van der Waals surface area contributed by atoms with Gasteiger partial charge in [0.05, 0.1) is 0 Å². The molecular formula is C11H9BrO5. The molecule has 17 heavy (non-hydrogen) atoms. The van der Waals surface area contributed by atoms with E-state index in [1.807, 2.05) is 0 Å². The van der Waals surface area contributed by atoms with Crippen molar-refractivity contribution < 1.29 is 24.5 Å². The number of halogens is 1. The molecule has 0 spiro atoms. The first kappa shape index (κ1) is 13.2. The van der Waals surface area contributed by atoms with Gasteiger partial charge in [0.1, 0.15) is 5.75 Å². The summed E-state index contributed by atoms with van der Waals surface area (Å²) in [6.45, 7) is -0.477. The molecule has 0 aliphatic carbocycles. The van der Waals surface area contributed by atoms with Crippen LogP contribution in [0.15, 0.2) is 28.7 Å². The lowest BCUT2D eigenvalue weighted by Gasteiger charge is -2.07. The van der Waals surface area contributed by atoms with Crippen molar-refractivity contribution in [1.29, 1.82) is 0 Å². The molecular weight excluding hydrogens is 292 g/mol. The lowest BCUT2D eigenvalue weighted by Crippen LogP contribution is -2.10. The van der Waals surface area contributed by atoms with Crippen LogP contribution < -0.4 is 4.74 Å². The van der Waals surface area contributed by atoms with Gasteiger partial charge in [-0.2, -0.15) is 0 Å². The highest BCUT2D eigenvalue weighted by Crippen LogP contribution is 2.24. The standard InChI is InChI=1S/C11H9BrO5/c12-8-2-3-9(17-6-11(15)16)7(5-8)1-4-10(13)14/h1-5H,6H2,(H,13,14)(H,15,16)/b4-1+. The van der Waals surface area contributed by atoms with Gasteiger partial charge in [-0.1, -0.05) is 15.9 Å². The predicted octanol–water partition coefficient (Wildman–Crippen LogP) is 2.01. The quantitative estimate of drug-likeness (QED) is 0.813. The highest BCUT2D eigenvalue weighted by Gasteiger charge is 2.05. The first-order valence-electron chi connectivity index (χ1n) is 4.54. The zero-order chi connectivity index (χ0) is 12.8. The second-order valence-corrected chi connectivity index (χ2v) is 3.95. The van der Waals surface area contributed by atoms with Crippen LogP contribution in [0, 0.1) is 0 Å². The third-order valence-corrected chi connectivity index (χ3v) is 2.22. The Hall–Kier alpha value is -1.82. The number of rotatable bonds is 5. The van der Waals surface area contributed by atoms with Gasteiger partial charge in [-0.05, 0) is 24.3 Å². The van der Waals surface area contributed by atoms with Gasteiger partial charge in [-0.3, -0.25) is 0 Å². The Bertz CT molecular complexity index is 467. The summed E-state index contributed by atoms with van der Waals surface area (Å²) in [5.74, 6) is -1.87. The molecule has 0 fully saturated rings. The zero-order valence-corrected chi connectivity index (χ0v) is 10.2. The maximum atomic E-state index is 10.4. The first-order chi connectivity index (χ1) is 7.99. The number of hydrogen-bond donors (Lipinski definition) is 2. The van der Waals surface area contributed by atoms with Crippen molar-refractivity contribution in [2.24, 2.45) is 0 Å². The van der Waals surface area contributed by atoms with Crippen LogP contribution in [0.2, 0.25) is 0 Å². The average Bonchev–Trinajstić information content (AvgIpc) is 2.24. The zero-order valence-electron chi connectivity index (χ0n) is 8.59. The van der Waals surface area contributed by atoms with Crippen molar-refractivity contribution in [3.63, 3.8) is 0 Å². The van der Waals surface area contributed by atoms with Gasteiger partial charge in [0.2, 0.25) is 0 Å². The van der Waals surface area contributed by atoms with Gasteiger partial charge in [0.15, 0.2) is 6.61 Å². The molecule has 0 atom stereocenters. The molecule has 0 amide bonds. The van der Waals surface area contributed by atoms with E-state index in [2.05, 4.69) is 15.9 Å². The number of ether oxygens (including phenoxy) is 1. The second-order valence-electron chi connectivity index (χ2n) is 3.04. The van der Waals surface area contributed by atoms with Crippen LogP contribution in [-0.4, -0.2) is 28.8 Å². The molecule has 90 valence electrons. The largest absolute Gasteiger partial charge is 0.481 e. The van der Waals surface area contributed by atoms with Crippen LogP contribution in [0.1, 0.15) is 5.56 Å². The van der Waals surface area contributed by atoms with Crippen molar-refractivity contribution in [3.8, 4) is 5.75 Å². The van der Waals surface area contributed by atoms with E-state index in [9.17, 15) is 9.59 Å². The van der Waals surface area contributed by atoms with E-state index in [0.717, 1.165) is 10.5 Å². The summed E-state index contributed by atoms with van der Waals surface area (Å²) < 4.78 is 5.76. The monoisotopic (exact) mass is 300 g/mol. The van der Waals surface area contributed by atoms with E-state index in [1.54, 1.807) is 18.2 Å². The van der Waals surface area contributed by atoms with E-state index in [-0.39, 0.29) is 0 Å². The molecule has 1 aromatic carbocycles. The molecule has 5 nitrogen and oxygen atoms in total. The fourth-order valence-corrected chi connectivity index (χ4v) is 1.46. The summed E-state index contributed by atoms with van der Waals surface area (Å²) in [6, 6.07) is 4.88. The molecule has 0 aromatic heterocycles. The van der Waals surface area contributed by atoms with Crippen LogP contribution >= 0.6 is 15.9 Å². The van der Waals surface area contributed by atoms with E-state index in [1.165, 1.54) is 6.08 Å². The highest BCUT2D eigenvalue weighted by atomic mass is 79.9. The fourth-order valence-electron chi connectivity index (χ4n) is 1.08. The highest BCUT2D eigenvalue weighted by molar-refractivity contribution is 9.10. The molecule has 0 bridgehead atoms.